The average Bonchev–Trinajstić information content (AvgIpc) is 2.38. The molecule has 100 valence electrons. The number of anilines is 1. The molecule has 0 bridgehead atoms. The third-order valence-electron chi connectivity index (χ3n) is 3.74. The van der Waals surface area contributed by atoms with Crippen LogP contribution in [0, 0.1) is 5.41 Å². The molecule has 0 aliphatic heterocycles. The van der Waals surface area contributed by atoms with Gasteiger partial charge in [-0.3, -0.25) is 0 Å². The quantitative estimate of drug-likeness (QED) is 0.636. The summed E-state index contributed by atoms with van der Waals surface area (Å²) >= 11 is 0. The van der Waals surface area contributed by atoms with Gasteiger partial charge in [-0.15, -0.1) is 0 Å². The smallest absolute Gasteiger partial charge is 0.140 e. The maximum atomic E-state index is 5.97. The van der Waals surface area contributed by atoms with E-state index >= 15 is 0 Å². The second kappa shape index (κ2) is 5.67. The van der Waals surface area contributed by atoms with Gasteiger partial charge in [0.2, 0.25) is 0 Å². The molecule has 1 aliphatic rings. The predicted octanol–water partition coefficient (Wildman–Crippen LogP) is 2.85. The maximum absolute atomic E-state index is 5.97. The van der Waals surface area contributed by atoms with Crippen LogP contribution in [0.25, 0.3) is 0 Å². The standard InChI is InChI=1S/C14H23N3O/c1-14(2)6-3-12(4-7-14)18-10-11-5-8-16-13(9-11)17-15/h5,8-9,12H,3-4,6-7,10,15H2,1-2H3,(H,16,17). The lowest BCUT2D eigenvalue weighted by molar-refractivity contribution is -0.00559. The molecule has 4 nitrogen and oxygen atoms in total. The van der Waals surface area contributed by atoms with E-state index in [0.29, 0.717) is 23.9 Å². The number of nitrogens with one attached hydrogen (secondary N) is 1. The van der Waals surface area contributed by atoms with Crippen LogP contribution >= 0.6 is 0 Å². The fourth-order valence-electron chi connectivity index (χ4n) is 2.40. The predicted molar refractivity (Wildman–Crippen MR) is 72.9 cm³/mol. The van der Waals surface area contributed by atoms with Gasteiger partial charge >= 0.3 is 0 Å². The van der Waals surface area contributed by atoms with Gasteiger partial charge in [0, 0.05) is 6.20 Å². The molecule has 1 aromatic rings. The molecule has 1 aromatic heterocycles. The Labute approximate surface area is 109 Å². The number of ether oxygens (including phenoxy) is 1. The van der Waals surface area contributed by atoms with E-state index in [4.69, 9.17) is 10.6 Å². The Hall–Kier alpha value is -1.13. The van der Waals surface area contributed by atoms with Gasteiger partial charge in [-0.25, -0.2) is 10.8 Å². The molecule has 0 spiro atoms. The first-order chi connectivity index (χ1) is 8.59. The highest BCUT2D eigenvalue weighted by Gasteiger charge is 2.27. The van der Waals surface area contributed by atoms with Gasteiger partial charge in [0.15, 0.2) is 0 Å². The minimum Gasteiger partial charge on any atom is -0.374 e. The van der Waals surface area contributed by atoms with Crippen molar-refractivity contribution in [3.63, 3.8) is 0 Å². The van der Waals surface area contributed by atoms with Gasteiger partial charge in [-0.1, -0.05) is 13.8 Å². The number of nitrogen functional groups attached to an aromatic ring is 1. The molecule has 1 heterocycles. The van der Waals surface area contributed by atoms with Gasteiger partial charge in [0.25, 0.3) is 0 Å². The second-order valence-electron chi connectivity index (χ2n) is 5.87. The van der Waals surface area contributed by atoms with Crippen LogP contribution in [0.4, 0.5) is 5.82 Å². The van der Waals surface area contributed by atoms with E-state index < -0.39 is 0 Å². The molecule has 1 fully saturated rings. The van der Waals surface area contributed by atoms with Crippen LogP contribution in [0.5, 0.6) is 0 Å². The molecular formula is C14H23N3O. The number of pyridine rings is 1. The number of hydrogen-bond donors (Lipinski definition) is 2. The Morgan fingerprint density at radius 2 is 2.17 bits per heavy atom. The summed E-state index contributed by atoms with van der Waals surface area (Å²) in [6.07, 6.45) is 6.99. The van der Waals surface area contributed by atoms with E-state index in [1.807, 2.05) is 12.1 Å². The molecule has 3 N–H and O–H groups in total. The second-order valence-corrected chi connectivity index (χ2v) is 5.87. The van der Waals surface area contributed by atoms with Gasteiger partial charge in [0.1, 0.15) is 5.82 Å². The van der Waals surface area contributed by atoms with E-state index in [1.165, 1.54) is 25.7 Å². The average molecular weight is 249 g/mol. The van der Waals surface area contributed by atoms with Gasteiger partial charge in [-0.2, -0.15) is 0 Å². The monoisotopic (exact) mass is 249 g/mol. The molecule has 1 saturated carbocycles. The number of nitrogens with two attached hydrogens (primary N) is 1. The molecule has 0 unspecified atom stereocenters. The van der Waals surface area contributed by atoms with E-state index in [2.05, 4.69) is 24.3 Å². The molecule has 4 heteroatoms. The molecule has 0 saturated heterocycles. The molecule has 0 amide bonds. The summed E-state index contributed by atoms with van der Waals surface area (Å²) in [6.45, 7) is 5.32. The summed E-state index contributed by atoms with van der Waals surface area (Å²) in [5.74, 6) is 6.02. The first-order valence-electron chi connectivity index (χ1n) is 6.62. The van der Waals surface area contributed by atoms with Crippen LogP contribution in [-0.2, 0) is 11.3 Å². The molecule has 0 aromatic carbocycles. The summed E-state index contributed by atoms with van der Waals surface area (Å²) in [4.78, 5) is 4.08. The Bertz CT molecular complexity index is 382. The zero-order chi connectivity index (χ0) is 13.0. The normalized spacial score (nSPS) is 19.7. The highest BCUT2D eigenvalue weighted by Crippen LogP contribution is 2.36. The zero-order valence-corrected chi connectivity index (χ0v) is 11.3. The molecule has 18 heavy (non-hydrogen) atoms. The SMILES string of the molecule is CC1(C)CCC(OCc2ccnc(NN)c2)CC1. The molecule has 0 atom stereocenters. The lowest BCUT2D eigenvalue weighted by Crippen LogP contribution is -2.26. The van der Waals surface area contributed by atoms with Crippen molar-refractivity contribution in [3.05, 3.63) is 23.9 Å². The Morgan fingerprint density at radius 3 is 2.83 bits per heavy atom. The van der Waals surface area contributed by atoms with Crippen LogP contribution in [-0.4, -0.2) is 11.1 Å². The molecule has 2 rings (SSSR count). The minimum absolute atomic E-state index is 0.403. The zero-order valence-electron chi connectivity index (χ0n) is 11.3. The first-order valence-corrected chi connectivity index (χ1v) is 6.62. The van der Waals surface area contributed by atoms with Crippen molar-refractivity contribution in [1.29, 1.82) is 0 Å². The van der Waals surface area contributed by atoms with Gasteiger partial charge in [-0.05, 0) is 48.8 Å². The number of hydrogen-bond acceptors (Lipinski definition) is 4. The van der Waals surface area contributed by atoms with E-state index in [-0.39, 0.29) is 0 Å². The molecule has 0 radical (unpaired) electrons. The van der Waals surface area contributed by atoms with Gasteiger partial charge < -0.3 is 10.2 Å². The van der Waals surface area contributed by atoms with E-state index in [1.54, 1.807) is 6.20 Å². The largest absolute Gasteiger partial charge is 0.374 e. The Balaban J connectivity index is 1.81. The van der Waals surface area contributed by atoms with Crippen molar-refractivity contribution >= 4 is 5.82 Å². The summed E-state index contributed by atoms with van der Waals surface area (Å²) < 4.78 is 5.97. The van der Waals surface area contributed by atoms with Crippen LogP contribution in [0.2, 0.25) is 0 Å². The number of nitrogens with zero attached hydrogens (tertiary/aromatic N) is 1. The van der Waals surface area contributed by atoms with Crippen molar-refractivity contribution in [2.45, 2.75) is 52.2 Å². The Morgan fingerprint density at radius 1 is 1.44 bits per heavy atom. The van der Waals surface area contributed by atoms with Crippen molar-refractivity contribution < 1.29 is 4.74 Å². The third-order valence-corrected chi connectivity index (χ3v) is 3.74. The van der Waals surface area contributed by atoms with Crippen LogP contribution < -0.4 is 11.3 Å². The van der Waals surface area contributed by atoms with Crippen molar-refractivity contribution in [2.75, 3.05) is 5.43 Å². The number of rotatable bonds is 4. The topological polar surface area (TPSA) is 60.2 Å². The van der Waals surface area contributed by atoms with Crippen molar-refractivity contribution in [3.8, 4) is 0 Å². The van der Waals surface area contributed by atoms with Crippen molar-refractivity contribution in [2.24, 2.45) is 11.3 Å². The lowest BCUT2D eigenvalue weighted by atomic mass is 9.76. The van der Waals surface area contributed by atoms with E-state index in [0.717, 1.165) is 5.56 Å². The summed E-state index contributed by atoms with van der Waals surface area (Å²) in [6, 6.07) is 3.89. The third kappa shape index (κ3) is 3.68. The highest BCUT2D eigenvalue weighted by atomic mass is 16.5. The minimum atomic E-state index is 0.403. The van der Waals surface area contributed by atoms with Crippen LogP contribution in [0.15, 0.2) is 18.3 Å². The molecule has 1 aliphatic carbocycles. The summed E-state index contributed by atoms with van der Waals surface area (Å²) in [7, 11) is 0. The summed E-state index contributed by atoms with van der Waals surface area (Å²) in [5, 5.41) is 0. The molecular weight excluding hydrogens is 226 g/mol. The summed E-state index contributed by atoms with van der Waals surface area (Å²) in [5.41, 5.74) is 4.16. The Kier molecular flexibility index (Phi) is 4.19. The maximum Gasteiger partial charge on any atom is 0.140 e. The van der Waals surface area contributed by atoms with Crippen LogP contribution in [0.3, 0.4) is 0 Å². The van der Waals surface area contributed by atoms with E-state index in [9.17, 15) is 0 Å². The fraction of sp³-hybridized carbons (Fsp3) is 0.643. The van der Waals surface area contributed by atoms with Crippen molar-refractivity contribution in [1.82, 2.24) is 4.98 Å². The first kappa shape index (κ1) is 13.3. The number of aromatic nitrogens is 1. The van der Waals surface area contributed by atoms with Crippen LogP contribution in [0.1, 0.15) is 45.1 Å². The number of hydrazine groups is 1. The van der Waals surface area contributed by atoms with Gasteiger partial charge in [0.05, 0.1) is 12.7 Å². The fourth-order valence-corrected chi connectivity index (χ4v) is 2.40. The lowest BCUT2D eigenvalue weighted by Gasteiger charge is -2.34. The highest BCUT2D eigenvalue weighted by molar-refractivity contribution is 5.35.